The van der Waals surface area contributed by atoms with Gasteiger partial charge in [-0.2, -0.15) is 0 Å². The molecule has 7 heavy (non-hydrogen) atoms. The van der Waals surface area contributed by atoms with E-state index < -0.39 is 5.72 Å². The molecule has 42 valence electrons. The van der Waals surface area contributed by atoms with Crippen molar-refractivity contribution in [3.8, 4) is 0 Å². The van der Waals surface area contributed by atoms with Gasteiger partial charge in [0, 0.05) is 0 Å². The average molecular weight is 101 g/mol. The van der Waals surface area contributed by atoms with E-state index in [-0.39, 0.29) is 0 Å². The van der Waals surface area contributed by atoms with E-state index in [1.54, 1.807) is 13.8 Å². The molecule has 0 aromatic rings. The monoisotopic (exact) mass is 101 g/mol. The van der Waals surface area contributed by atoms with E-state index in [0.717, 1.165) is 0 Å². The van der Waals surface area contributed by atoms with Crippen LogP contribution in [0.15, 0.2) is 12.8 Å². The Labute approximate surface area is 44.0 Å². The third-order valence-electron chi connectivity index (χ3n) is 0.387. The zero-order valence-electron chi connectivity index (χ0n) is 4.77. The maximum Gasteiger partial charge on any atom is 0.151 e. The predicted octanol–water partition coefficient (Wildman–Crippen LogP) is 0.841. The third kappa shape index (κ3) is 5.50. The Morgan fingerprint density at radius 1 is 1.71 bits per heavy atom. The Balaban J connectivity index is 3.34. The molecule has 0 aliphatic heterocycles. The van der Waals surface area contributed by atoms with Gasteiger partial charge in [-0.05, 0) is 13.8 Å². The summed E-state index contributed by atoms with van der Waals surface area (Å²) in [6.45, 7) is 6.86. The molecule has 0 atom stereocenters. The fraction of sp³-hybridized carbons (Fsp3) is 0.600. The fourth-order valence-electron chi connectivity index (χ4n) is 0.215. The number of nitrogens with two attached hydrogens (primary N) is 1. The number of rotatable bonds is 2. The van der Waals surface area contributed by atoms with Crippen molar-refractivity contribution in [1.82, 2.24) is 0 Å². The summed E-state index contributed by atoms with van der Waals surface area (Å²) < 4.78 is 4.77. The molecule has 2 heteroatoms. The summed E-state index contributed by atoms with van der Waals surface area (Å²) in [7, 11) is 0. The van der Waals surface area contributed by atoms with Crippen molar-refractivity contribution in [1.29, 1.82) is 0 Å². The van der Waals surface area contributed by atoms with Gasteiger partial charge in [-0.3, -0.25) is 5.73 Å². The standard InChI is InChI=1S/C5H11NO/c1-4-7-5(2,3)6/h4H,1,6H2,2-3H3. The SMILES string of the molecule is C=COC(C)(C)N. The van der Waals surface area contributed by atoms with E-state index >= 15 is 0 Å². The molecule has 0 saturated heterocycles. The van der Waals surface area contributed by atoms with Gasteiger partial charge in [-0.25, -0.2) is 0 Å². The first-order chi connectivity index (χ1) is 3.06. The lowest BCUT2D eigenvalue weighted by Gasteiger charge is -2.16. The lowest BCUT2D eigenvalue weighted by molar-refractivity contribution is 0.0653. The highest BCUT2D eigenvalue weighted by Crippen LogP contribution is 1.96. The Morgan fingerprint density at radius 3 is 2.14 bits per heavy atom. The van der Waals surface area contributed by atoms with Crippen molar-refractivity contribution >= 4 is 0 Å². The Morgan fingerprint density at radius 2 is 2.14 bits per heavy atom. The van der Waals surface area contributed by atoms with Crippen LogP contribution < -0.4 is 5.73 Å². The second-order valence-corrected chi connectivity index (χ2v) is 1.89. The first kappa shape index (κ1) is 6.50. The minimum atomic E-state index is -0.568. The Hall–Kier alpha value is -0.500. The number of ether oxygens (including phenoxy) is 1. The predicted molar refractivity (Wildman–Crippen MR) is 29.5 cm³/mol. The van der Waals surface area contributed by atoms with Gasteiger partial charge in [0.1, 0.15) is 0 Å². The quantitative estimate of drug-likeness (QED) is 0.413. The van der Waals surface area contributed by atoms with Crippen LogP contribution in [0.2, 0.25) is 0 Å². The van der Waals surface area contributed by atoms with Gasteiger partial charge in [0.05, 0.1) is 6.26 Å². The van der Waals surface area contributed by atoms with Crippen molar-refractivity contribution in [2.45, 2.75) is 19.6 Å². The highest BCUT2D eigenvalue weighted by atomic mass is 16.5. The van der Waals surface area contributed by atoms with E-state index in [0.29, 0.717) is 0 Å². The summed E-state index contributed by atoms with van der Waals surface area (Å²) in [5.74, 6) is 0. The van der Waals surface area contributed by atoms with Gasteiger partial charge in [0.2, 0.25) is 0 Å². The van der Waals surface area contributed by atoms with Crippen LogP contribution >= 0.6 is 0 Å². The number of hydrogen-bond donors (Lipinski definition) is 1. The van der Waals surface area contributed by atoms with Crippen LogP contribution in [0.4, 0.5) is 0 Å². The number of hydrogen-bond acceptors (Lipinski definition) is 2. The molecule has 0 aromatic carbocycles. The normalized spacial score (nSPS) is 10.7. The molecule has 0 heterocycles. The van der Waals surface area contributed by atoms with Crippen LogP contribution in [0.1, 0.15) is 13.8 Å². The van der Waals surface area contributed by atoms with E-state index in [2.05, 4.69) is 6.58 Å². The lowest BCUT2D eigenvalue weighted by atomic mass is 10.3. The lowest BCUT2D eigenvalue weighted by Crippen LogP contribution is -2.33. The zero-order chi connectivity index (χ0) is 5.91. The molecule has 0 rings (SSSR count). The van der Waals surface area contributed by atoms with Crippen molar-refractivity contribution in [2.24, 2.45) is 5.73 Å². The van der Waals surface area contributed by atoms with Crippen molar-refractivity contribution in [3.05, 3.63) is 12.8 Å². The maximum atomic E-state index is 5.35. The van der Waals surface area contributed by atoms with Crippen LogP contribution in [0.3, 0.4) is 0 Å². The molecule has 0 radical (unpaired) electrons. The van der Waals surface area contributed by atoms with E-state index in [1.807, 2.05) is 0 Å². The molecule has 0 aliphatic rings. The van der Waals surface area contributed by atoms with Gasteiger partial charge in [0.15, 0.2) is 5.72 Å². The minimum absolute atomic E-state index is 0.568. The summed E-state index contributed by atoms with van der Waals surface area (Å²) in [4.78, 5) is 0. The highest BCUT2D eigenvalue weighted by Gasteiger charge is 2.06. The molecule has 0 aromatic heterocycles. The minimum Gasteiger partial charge on any atom is -0.482 e. The molecular formula is C5H11NO. The highest BCUT2D eigenvalue weighted by molar-refractivity contribution is 4.62. The Kier molecular flexibility index (Phi) is 1.84. The molecule has 0 unspecified atom stereocenters. The summed E-state index contributed by atoms with van der Waals surface area (Å²) in [6.07, 6.45) is 1.33. The Bertz CT molecular complexity index is 63.0. The molecule has 0 fully saturated rings. The van der Waals surface area contributed by atoms with Gasteiger partial charge in [-0.1, -0.05) is 6.58 Å². The van der Waals surface area contributed by atoms with Crippen LogP contribution in [0.25, 0.3) is 0 Å². The van der Waals surface area contributed by atoms with Crippen molar-refractivity contribution in [2.75, 3.05) is 0 Å². The smallest absolute Gasteiger partial charge is 0.151 e. The van der Waals surface area contributed by atoms with Crippen molar-refractivity contribution < 1.29 is 4.74 Å². The van der Waals surface area contributed by atoms with Crippen LogP contribution in [0.5, 0.6) is 0 Å². The molecule has 0 bridgehead atoms. The van der Waals surface area contributed by atoms with Crippen molar-refractivity contribution in [3.63, 3.8) is 0 Å². The molecule has 0 aliphatic carbocycles. The fourth-order valence-corrected chi connectivity index (χ4v) is 0.215. The van der Waals surface area contributed by atoms with E-state index in [9.17, 15) is 0 Å². The zero-order valence-corrected chi connectivity index (χ0v) is 4.77. The first-order valence-corrected chi connectivity index (χ1v) is 2.14. The average Bonchev–Trinajstić information content (AvgIpc) is 1.30. The molecular weight excluding hydrogens is 90.1 g/mol. The molecule has 0 saturated carbocycles. The largest absolute Gasteiger partial charge is 0.482 e. The second kappa shape index (κ2) is 1.98. The van der Waals surface area contributed by atoms with Crippen LogP contribution in [0, 0.1) is 0 Å². The molecule has 0 amide bonds. The first-order valence-electron chi connectivity index (χ1n) is 2.14. The molecule has 2 N–H and O–H groups in total. The van der Waals surface area contributed by atoms with Crippen LogP contribution in [-0.2, 0) is 4.74 Å². The van der Waals surface area contributed by atoms with Crippen LogP contribution in [-0.4, -0.2) is 5.72 Å². The molecule has 2 nitrogen and oxygen atoms in total. The van der Waals surface area contributed by atoms with Gasteiger partial charge < -0.3 is 4.74 Å². The second-order valence-electron chi connectivity index (χ2n) is 1.89. The van der Waals surface area contributed by atoms with E-state index in [1.165, 1.54) is 6.26 Å². The third-order valence-corrected chi connectivity index (χ3v) is 0.387. The molecule has 0 spiro atoms. The van der Waals surface area contributed by atoms with Gasteiger partial charge >= 0.3 is 0 Å². The summed E-state index contributed by atoms with van der Waals surface area (Å²) in [5, 5.41) is 0. The maximum absolute atomic E-state index is 5.35. The van der Waals surface area contributed by atoms with Gasteiger partial charge in [0.25, 0.3) is 0 Å². The summed E-state index contributed by atoms with van der Waals surface area (Å²) in [6, 6.07) is 0. The van der Waals surface area contributed by atoms with Gasteiger partial charge in [-0.15, -0.1) is 0 Å². The van der Waals surface area contributed by atoms with E-state index in [4.69, 9.17) is 10.5 Å². The summed E-state index contributed by atoms with van der Waals surface area (Å²) in [5.41, 5.74) is 4.78. The summed E-state index contributed by atoms with van der Waals surface area (Å²) >= 11 is 0. The topological polar surface area (TPSA) is 35.2 Å².